The molecule has 0 N–H and O–H groups in total. The number of amides is 2. The maximum absolute atomic E-state index is 11.3. The average Bonchev–Trinajstić information content (AvgIpc) is 2.33. The monoisotopic (exact) mass is 159 g/mol. The second-order valence-electron chi connectivity index (χ2n) is 2.56. The zero-order valence-electron chi connectivity index (χ0n) is 6.42. The van der Waals surface area contributed by atoms with E-state index in [1.54, 1.807) is 12.1 Å². The van der Waals surface area contributed by atoms with Crippen LogP contribution in [0.1, 0.15) is 20.7 Å². The predicted molar refractivity (Wildman–Crippen MR) is 40.5 cm³/mol. The van der Waals surface area contributed by atoms with Gasteiger partial charge in [-0.05, 0) is 12.1 Å². The molecule has 12 heavy (non-hydrogen) atoms. The number of carbonyl (C=O) groups excluding carboxylic acids is 2. The predicted octanol–water partition coefficient (Wildman–Crippen LogP) is 0.513. The smallest absolute Gasteiger partial charge is 0.269 e. The number of fused-ring (bicyclic) bond motifs is 1. The van der Waals surface area contributed by atoms with Gasteiger partial charge in [-0.2, -0.15) is 0 Å². The molecule has 0 aliphatic carbocycles. The van der Waals surface area contributed by atoms with Crippen LogP contribution in [0.15, 0.2) is 12.1 Å². The molecule has 1 aromatic carbocycles. The van der Waals surface area contributed by atoms with Gasteiger partial charge in [0, 0.05) is 7.05 Å². The summed E-state index contributed by atoms with van der Waals surface area (Å²) < 4.78 is 0. The molecule has 0 radical (unpaired) electrons. The normalized spacial score (nSPS) is 14.6. The van der Waals surface area contributed by atoms with E-state index < -0.39 is 0 Å². The molecule has 0 unspecified atom stereocenters. The number of nitrogens with zero attached hydrogens (tertiary/aromatic N) is 1. The molecule has 1 aromatic rings. The van der Waals surface area contributed by atoms with E-state index >= 15 is 0 Å². The zero-order valence-corrected chi connectivity index (χ0v) is 6.42. The van der Waals surface area contributed by atoms with Gasteiger partial charge < -0.3 is 0 Å². The number of rotatable bonds is 0. The van der Waals surface area contributed by atoms with Gasteiger partial charge in [-0.1, -0.05) is 12.1 Å². The first-order valence-electron chi connectivity index (χ1n) is 3.46. The highest BCUT2D eigenvalue weighted by Crippen LogP contribution is 2.18. The highest BCUT2D eigenvalue weighted by atomic mass is 16.2. The van der Waals surface area contributed by atoms with Gasteiger partial charge in [0.2, 0.25) is 0 Å². The van der Waals surface area contributed by atoms with Crippen LogP contribution in [-0.2, 0) is 0 Å². The third-order valence-electron chi connectivity index (χ3n) is 1.85. The lowest BCUT2D eigenvalue weighted by Crippen LogP contribution is -2.24. The summed E-state index contributed by atoms with van der Waals surface area (Å²) in [5.74, 6) is -0.563. The van der Waals surface area contributed by atoms with Crippen LogP contribution >= 0.6 is 0 Å². The summed E-state index contributed by atoms with van der Waals surface area (Å²) in [5.41, 5.74) is 0.742. The van der Waals surface area contributed by atoms with Crippen molar-refractivity contribution < 1.29 is 9.59 Å². The molecule has 3 nitrogen and oxygen atoms in total. The fourth-order valence-corrected chi connectivity index (χ4v) is 1.18. The topological polar surface area (TPSA) is 37.4 Å². The Morgan fingerprint density at radius 1 is 1.33 bits per heavy atom. The van der Waals surface area contributed by atoms with Gasteiger partial charge in [-0.3, -0.25) is 14.5 Å². The Kier molecular flexibility index (Phi) is 1.19. The van der Waals surface area contributed by atoms with E-state index in [0.29, 0.717) is 11.1 Å². The van der Waals surface area contributed by atoms with Crippen molar-refractivity contribution in [2.75, 3.05) is 7.05 Å². The van der Waals surface area contributed by atoms with Gasteiger partial charge in [-0.15, -0.1) is 0 Å². The van der Waals surface area contributed by atoms with E-state index in [1.165, 1.54) is 7.05 Å². The molecule has 58 valence electrons. The van der Waals surface area contributed by atoms with Crippen LogP contribution in [-0.4, -0.2) is 23.8 Å². The molecule has 2 amide bonds. The van der Waals surface area contributed by atoms with Crippen molar-refractivity contribution in [1.29, 1.82) is 0 Å². The van der Waals surface area contributed by atoms with Gasteiger partial charge in [0.25, 0.3) is 11.8 Å². The first-order valence-corrected chi connectivity index (χ1v) is 3.46. The van der Waals surface area contributed by atoms with Crippen molar-refractivity contribution in [1.82, 2.24) is 4.90 Å². The number of carbonyl (C=O) groups is 2. The molecular formula is C9H5NO2. The summed E-state index contributed by atoms with van der Waals surface area (Å²) in [5, 5.41) is 0. The second-order valence-corrected chi connectivity index (χ2v) is 2.56. The van der Waals surface area contributed by atoms with Crippen LogP contribution in [0.3, 0.4) is 0 Å². The largest absolute Gasteiger partial charge is 0.277 e. The van der Waals surface area contributed by atoms with Gasteiger partial charge in [-0.25, -0.2) is 0 Å². The number of hydrogen-bond acceptors (Lipinski definition) is 2. The van der Waals surface area contributed by atoms with Crippen LogP contribution in [0.5, 0.6) is 0 Å². The molecule has 2 rings (SSSR count). The first-order chi connectivity index (χ1) is 5.72. The van der Waals surface area contributed by atoms with Gasteiger partial charge >= 0.3 is 0 Å². The molecule has 0 saturated heterocycles. The molecule has 0 spiro atoms. The lowest BCUT2D eigenvalue weighted by Gasteiger charge is -2.02. The lowest BCUT2D eigenvalue weighted by atomic mass is 10.2. The van der Waals surface area contributed by atoms with Crippen LogP contribution in [0, 0.1) is 12.1 Å². The summed E-state index contributed by atoms with van der Waals surface area (Å²) in [6.45, 7) is 0. The Balaban J connectivity index is 2.67. The quantitative estimate of drug-likeness (QED) is 0.517. The maximum atomic E-state index is 11.3. The molecule has 1 heterocycles. The van der Waals surface area contributed by atoms with Crippen molar-refractivity contribution in [3.63, 3.8) is 0 Å². The fraction of sp³-hybridized carbons (Fsp3) is 0.111. The van der Waals surface area contributed by atoms with E-state index in [2.05, 4.69) is 12.1 Å². The minimum atomic E-state index is -0.299. The zero-order chi connectivity index (χ0) is 8.72. The molecule has 0 atom stereocenters. The first kappa shape index (κ1) is 6.86. The SMILES string of the molecule is CN1C(=O)c2c#cccc2C1=O. The molecule has 1 aliphatic rings. The van der Waals surface area contributed by atoms with E-state index in [-0.39, 0.29) is 11.8 Å². The van der Waals surface area contributed by atoms with Gasteiger partial charge in [0.05, 0.1) is 5.56 Å². The maximum Gasteiger partial charge on any atom is 0.269 e. The summed E-state index contributed by atoms with van der Waals surface area (Å²) in [7, 11) is 1.46. The Bertz CT molecular complexity index is 336. The molecule has 0 fully saturated rings. The van der Waals surface area contributed by atoms with Crippen LogP contribution < -0.4 is 0 Å². The summed E-state index contributed by atoms with van der Waals surface area (Å²) >= 11 is 0. The standard InChI is InChI=1S/C9H5NO2/c1-10-8(11)6-4-2-3-5-7(6)9(10)12/h2,4H,1H3. The Morgan fingerprint density at radius 2 is 2.08 bits per heavy atom. The minimum Gasteiger partial charge on any atom is -0.277 e. The van der Waals surface area contributed by atoms with Crippen LogP contribution in [0.4, 0.5) is 0 Å². The molecular weight excluding hydrogens is 154 g/mol. The van der Waals surface area contributed by atoms with E-state index in [9.17, 15) is 9.59 Å². The lowest BCUT2D eigenvalue weighted by molar-refractivity contribution is 0.0693. The van der Waals surface area contributed by atoms with Gasteiger partial charge in [0.15, 0.2) is 0 Å². The molecule has 0 saturated carbocycles. The number of hydrogen-bond donors (Lipinski definition) is 0. The number of imide groups is 1. The average molecular weight is 159 g/mol. The second kappa shape index (κ2) is 2.08. The van der Waals surface area contributed by atoms with E-state index in [0.717, 1.165) is 4.90 Å². The highest BCUT2D eigenvalue weighted by Gasteiger charge is 2.32. The van der Waals surface area contributed by atoms with E-state index in [1.807, 2.05) is 0 Å². The van der Waals surface area contributed by atoms with Gasteiger partial charge in [0.1, 0.15) is 5.56 Å². The third-order valence-corrected chi connectivity index (χ3v) is 1.85. The summed E-state index contributed by atoms with van der Waals surface area (Å²) in [4.78, 5) is 23.6. The summed E-state index contributed by atoms with van der Waals surface area (Å²) in [6, 6.07) is 8.41. The minimum absolute atomic E-state index is 0.264. The molecule has 1 aliphatic heterocycles. The van der Waals surface area contributed by atoms with Crippen molar-refractivity contribution in [2.45, 2.75) is 0 Å². The Hall–Kier alpha value is -1.82. The Labute approximate surface area is 69.6 Å². The molecule has 3 heteroatoms. The van der Waals surface area contributed by atoms with Crippen molar-refractivity contribution in [3.8, 4) is 0 Å². The van der Waals surface area contributed by atoms with Crippen molar-refractivity contribution >= 4 is 11.8 Å². The fourth-order valence-electron chi connectivity index (χ4n) is 1.18. The molecule has 0 bridgehead atoms. The van der Waals surface area contributed by atoms with Crippen molar-refractivity contribution in [3.05, 3.63) is 35.4 Å². The van der Waals surface area contributed by atoms with Crippen LogP contribution in [0.25, 0.3) is 0 Å². The Morgan fingerprint density at radius 3 is 2.75 bits per heavy atom. The highest BCUT2D eigenvalue weighted by molar-refractivity contribution is 6.20. The van der Waals surface area contributed by atoms with E-state index in [4.69, 9.17) is 0 Å². The van der Waals surface area contributed by atoms with Crippen molar-refractivity contribution in [2.24, 2.45) is 0 Å². The summed E-state index contributed by atoms with van der Waals surface area (Å²) in [6.07, 6.45) is 0. The van der Waals surface area contributed by atoms with Crippen LogP contribution in [0.2, 0.25) is 0 Å². The molecule has 0 aromatic heterocycles. The third kappa shape index (κ3) is 0.665.